The van der Waals surface area contributed by atoms with Crippen LogP contribution in [0.3, 0.4) is 0 Å². The molecule has 1 unspecified atom stereocenters. The zero-order valence-corrected chi connectivity index (χ0v) is 14.4. The molecule has 3 atom stereocenters. The second-order valence-electron chi connectivity index (χ2n) is 6.65. The van der Waals surface area contributed by atoms with E-state index < -0.39 is 20.3 Å². The van der Waals surface area contributed by atoms with Crippen molar-refractivity contribution in [2.45, 2.75) is 58.9 Å². The van der Waals surface area contributed by atoms with Crippen LogP contribution in [-0.4, -0.2) is 33.8 Å². The standard InChI is InChI=1S/C14H28O4Si/c1-10(9-15)12(11(2)13(16)17-6)18-19(7,8)14(3,4)5/h9-12H,1-8H3/t10?,11-,12+/m1/s1. The van der Waals surface area contributed by atoms with E-state index in [2.05, 4.69) is 33.9 Å². The summed E-state index contributed by atoms with van der Waals surface area (Å²) < 4.78 is 11.0. The molecule has 4 nitrogen and oxygen atoms in total. The van der Waals surface area contributed by atoms with Crippen molar-refractivity contribution < 1.29 is 18.8 Å². The molecule has 0 aromatic carbocycles. The topological polar surface area (TPSA) is 52.6 Å². The minimum Gasteiger partial charge on any atom is -0.469 e. The highest BCUT2D eigenvalue weighted by molar-refractivity contribution is 6.74. The van der Waals surface area contributed by atoms with Crippen LogP contribution in [0.4, 0.5) is 0 Å². The van der Waals surface area contributed by atoms with E-state index in [-0.39, 0.29) is 16.9 Å². The lowest BCUT2D eigenvalue weighted by atomic mass is 9.95. The van der Waals surface area contributed by atoms with Crippen molar-refractivity contribution in [3.8, 4) is 0 Å². The average molecular weight is 288 g/mol. The maximum absolute atomic E-state index is 11.7. The zero-order chi connectivity index (χ0) is 15.4. The number of aldehydes is 1. The van der Waals surface area contributed by atoms with Crippen molar-refractivity contribution in [3.63, 3.8) is 0 Å². The molecule has 0 fully saturated rings. The summed E-state index contributed by atoms with van der Waals surface area (Å²) in [5.41, 5.74) is 0. The van der Waals surface area contributed by atoms with Crippen LogP contribution in [0.2, 0.25) is 18.1 Å². The first kappa shape index (κ1) is 18.3. The summed E-state index contributed by atoms with van der Waals surface area (Å²) in [4.78, 5) is 22.8. The third-order valence-corrected chi connectivity index (χ3v) is 8.51. The maximum atomic E-state index is 11.7. The molecule has 0 saturated heterocycles. The summed E-state index contributed by atoms with van der Waals surface area (Å²) in [5.74, 6) is -1.11. The lowest BCUT2D eigenvalue weighted by Gasteiger charge is -2.41. The van der Waals surface area contributed by atoms with Gasteiger partial charge in [0.25, 0.3) is 0 Å². The summed E-state index contributed by atoms with van der Waals surface area (Å²) >= 11 is 0. The van der Waals surface area contributed by atoms with Gasteiger partial charge < -0.3 is 14.0 Å². The van der Waals surface area contributed by atoms with E-state index in [0.29, 0.717) is 0 Å². The monoisotopic (exact) mass is 288 g/mol. The molecule has 0 bridgehead atoms. The van der Waals surface area contributed by atoms with E-state index in [1.165, 1.54) is 7.11 Å². The Morgan fingerprint density at radius 3 is 2.00 bits per heavy atom. The quantitative estimate of drug-likeness (QED) is 0.428. The first-order chi connectivity index (χ1) is 8.47. The smallest absolute Gasteiger partial charge is 0.310 e. The molecule has 0 rings (SSSR count). The molecule has 0 aliphatic rings. The van der Waals surface area contributed by atoms with E-state index in [1.54, 1.807) is 13.8 Å². The van der Waals surface area contributed by atoms with Crippen LogP contribution in [0.15, 0.2) is 0 Å². The maximum Gasteiger partial charge on any atom is 0.310 e. The summed E-state index contributed by atoms with van der Waals surface area (Å²) in [7, 11) is -0.680. The van der Waals surface area contributed by atoms with Gasteiger partial charge in [0.1, 0.15) is 6.29 Å². The molecule has 0 aliphatic carbocycles. The van der Waals surface area contributed by atoms with Gasteiger partial charge in [0.15, 0.2) is 8.32 Å². The van der Waals surface area contributed by atoms with Crippen molar-refractivity contribution in [2.75, 3.05) is 7.11 Å². The molecule has 5 heteroatoms. The molecule has 0 amide bonds. The minimum atomic E-state index is -2.04. The van der Waals surface area contributed by atoms with E-state index in [0.717, 1.165) is 6.29 Å². The van der Waals surface area contributed by atoms with Gasteiger partial charge in [0.2, 0.25) is 0 Å². The van der Waals surface area contributed by atoms with Crippen LogP contribution < -0.4 is 0 Å². The highest BCUT2D eigenvalue weighted by Gasteiger charge is 2.42. The molecule has 0 aliphatic heterocycles. The SMILES string of the molecule is COC(=O)[C@H](C)[C@@H](O[Si](C)(C)C(C)(C)C)C(C)C=O. The predicted octanol–water partition coefficient (Wildman–Crippen LogP) is 3.02. The Kier molecular flexibility index (Phi) is 6.42. The number of esters is 1. The van der Waals surface area contributed by atoms with Crippen LogP contribution in [0, 0.1) is 11.8 Å². The van der Waals surface area contributed by atoms with Gasteiger partial charge in [-0.3, -0.25) is 4.79 Å². The molecule has 0 N–H and O–H groups in total. The zero-order valence-electron chi connectivity index (χ0n) is 13.4. The highest BCUT2D eigenvalue weighted by Crippen LogP contribution is 2.39. The Balaban J connectivity index is 5.19. The molecule has 19 heavy (non-hydrogen) atoms. The first-order valence-corrected chi connectivity index (χ1v) is 9.59. The fourth-order valence-electron chi connectivity index (χ4n) is 1.58. The number of hydrogen-bond donors (Lipinski definition) is 0. The summed E-state index contributed by atoms with van der Waals surface area (Å²) in [6, 6.07) is 0. The largest absolute Gasteiger partial charge is 0.469 e. The molecule has 0 aromatic heterocycles. The predicted molar refractivity (Wildman–Crippen MR) is 78.5 cm³/mol. The Morgan fingerprint density at radius 2 is 1.68 bits per heavy atom. The van der Waals surface area contributed by atoms with Crippen LogP contribution >= 0.6 is 0 Å². The van der Waals surface area contributed by atoms with Gasteiger partial charge in [0, 0.05) is 5.92 Å². The van der Waals surface area contributed by atoms with Crippen molar-refractivity contribution in [2.24, 2.45) is 11.8 Å². The van der Waals surface area contributed by atoms with E-state index >= 15 is 0 Å². The van der Waals surface area contributed by atoms with Gasteiger partial charge in [-0.2, -0.15) is 0 Å². The number of methoxy groups -OCH3 is 1. The normalized spacial score (nSPS) is 17.5. The molecule has 112 valence electrons. The van der Waals surface area contributed by atoms with Gasteiger partial charge in [-0.15, -0.1) is 0 Å². The Morgan fingerprint density at radius 1 is 1.21 bits per heavy atom. The molecular formula is C14H28O4Si. The Labute approximate surface area is 118 Å². The number of ether oxygens (including phenoxy) is 1. The summed E-state index contributed by atoms with van der Waals surface area (Å²) in [6.07, 6.45) is 0.419. The lowest BCUT2D eigenvalue weighted by molar-refractivity contribution is -0.149. The van der Waals surface area contributed by atoms with E-state index in [4.69, 9.17) is 9.16 Å². The van der Waals surface area contributed by atoms with Gasteiger partial charge in [0.05, 0.1) is 19.1 Å². The van der Waals surface area contributed by atoms with Crippen LogP contribution in [0.5, 0.6) is 0 Å². The van der Waals surface area contributed by atoms with Crippen LogP contribution in [0.25, 0.3) is 0 Å². The fourth-order valence-corrected chi connectivity index (χ4v) is 3.03. The third-order valence-electron chi connectivity index (χ3n) is 4.04. The number of carbonyl (C=O) groups excluding carboxylic acids is 2. The first-order valence-electron chi connectivity index (χ1n) is 6.69. The van der Waals surface area contributed by atoms with Gasteiger partial charge in [-0.1, -0.05) is 27.7 Å². The summed E-state index contributed by atoms with van der Waals surface area (Å²) in [5, 5.41) is 0.0314. The Bertz CT molecular complexity index is 320. The van der Waals surface area contributed by atoms with Crippen LogP contribution in [-0.2, 0) is 18.8 Å². The van der Waals surface area contributed by atoms with Crippen molar-refractivity contribution in [1.29, 1.82) is 0 Å². The molecule has 0 heterocycles. The van der Waals surface area contributed by atoms with E-state index in [1.807, 2.05) is 0 Å². The lowest BCUT2D eigenvalue weighted by Crippen LogP contribution is -2.49. The van der Waals surface area contributed by atoms with E-state index in [9.17, 15) is 9.59 Å². The highest BCUT2D eigenvalue weighted by atomic mass is 28.4. The van der Waals surface area contributed by atoms with Crippen LogP contribution in [0.1, 0.15) is 34.6 Å². The van der Waals surface area contributed by atoms with Gasteiger partial charge in [-0.25, -0.2) is 0 Å². The van der Waals surface area contributed by atoms with Crippen molar-refractivity contribution in [3.05, 3.63) is 0 Å². The molecular weight excluding hydrogens is 260 g/mol. The number of rotatable bonds is 6. The minimum absolute atomic E-state index is 0.0314. The fraction of sp³-hybridized carbons (Fsp3) is 0.857. The molecule has 0 saturated carbocycles. The molecule has 0 spiro atoms. The average Bonchev–Trinajstić information content (AvgIpc) is 2.31. The Hall–Kier alpha value is -0.683. The molecule has 0 aromatic rings. The second-order valence-corrected chi connectivity index (χ2v) is 11.4. The summed E-state index contributed by atoms with van der Waals surface area (Å²) in [6.45, 7) is 14.1. The number of hydrogen-bond acceptors (Lipinski definition) is 4. The second kappa shape index (κ2) is 6.66. The third kappa shape index (κ3) is 4.73. The van der Waals surface area contributed by atoms with Gasteiger partial charge >= 0.3 is 5.97 Å². The van der Waals surface area contributed by atoms with Gasteiger partial charge in [-0.05, 0) is 25.1 Å². The number of carbonyl (C=O) groups is 2. The van der Waals surface area contributed by atoms with Crippen molar-refractivity contribution in [1.82, 2.24) is 0 Å². The van der Waals surface area contributed by atoms with Crippen molar-refractivity contribution >= 4 is 20.6 Å². The molecule has 0 radical (unpaired) electrons.